The second-order valence-electron chi connectivity index (χ2n) is 6.30. The molecule has 1 heterocycles. The third-order valence-electron chi connectivity index (χ3n) is 4.14. The summed E-state index contributed by atoms with van der Waals surface area (Å²) in [5.74, 6) is 0. The van der Waals surface area contributed by atoms with Gasteiger partial charge in [0, 0.05) is 19.7 Å². The highest BCUT2D eigenvalue weighted by molar-refractivity contribution is 5.62. The Bertz CT molecular complexity index is 490. The monoisotopic (exact) mass is 277 g/mol. The lowest BCUT2D eigenvalue weighted by atomic mass is 9.82. The molecular weight excluding hydrogens is 254 g/mol. The number of benzene rings is 1. The van der Waals surface area contributed by atoms with E-state index in [-0.39, 0.29) is 10.6 Å². The Balaban J connectivity index is 2.07. The van der Waals surface area contributed by atoms with Crippen molar-refractivity contribution in [2.45, 2.75) is 33.2 Å². The summed E-state index contributed by atoms with van der Waals surface area (Å²) in [7, 11) is 1.70. The van der Waals surface area contributed by atoms with E-state index in [1.807, 2.05) is 6.07 Å². The van der Waals surface area contributed by atoms with E-state index in [1.165, 1.54) is 12.8 Å². The van der Waals surface area contributed by atoms with Crippen LogP contribution in [0.25, 0.3) is 0 Å². The maximum Gasteiger partial charge on any atom is 0.292 e. The van der Waals surface area contributed by atoms with Crippen LogP contribution in [0.15, 0.2) is 18.2 Å². The fourth-order valence-electron chi connectivity index (χ4n) is 2.61. The van der Waals surface area contributed by atoms with Crippen LogP contribution in [-0.2, 0) is 6.54 Å². The zero-order chi connectivity index (χ0) is 14.8. The van der Waals surface area contributed by atoms with E-state index in [0.29, 0.717) is 11.1 Å². The zero-order valence-electron chi connectivity index (χ0n) is 12.5. The van der Waals surface area contributed by atoms with E-state index in [4.69, 9.17) is 0 Å². The Kier molecular flexibility index (Phi) is 4.28. The molecule has 1 aromatic rings. The number of nitro benzene ring substituents is 1. The molecule has 0 radical (unpaired) electrons. The van der Waals surface area contributed by atoms with Crippen molar-refractivity contribution in [3.05, 3.63) is 33.9 Å². The lowest BCUT2D eigenvalue weighted by Crippen LogP contribution is -2.36. The minimum atomic E-state index is -0.325. The number of nitrogens with zero attached hydrogens (tertiary/aromatic N) is 2. The smallest absolute Gasteiger partial charge is 0.292 e. The number of likely N-dealkylation sites (tertiary alicyclic amines) is 1. The van der Waals surface area contributed by atoms with Crippen molar-refractivity contribution < 1.29 is 4.92 Å². The highest BCUT2D eigenvalue weighted by Crippen LogP contribution is 2.31. The lowest BCUT2D eigenvalue weighted by Gasteiger charge is -2.36. The molecule has 0 aromatic heterocycles. The molecule has 110 valence electrons. The van der Waals surface area contributed by atoms with Gasteiger partial charge >= 0.3 is 0 Å². The topological polar surface area (TPSA) is 58.4 Å². The first kappa shape index (κ1) is 14.8. The van der Waals surface area contributed by atoms with Crippen LogP contribution < -0.4 is 5.32 Å². The summed E-state index contributed by atoms with van der Waals surface area (Å²) in [5, 5.41) is 13.9. The van der Waals surface area contributed by atoms with Crippen LogP contribution in [0, 0.1) is 15.5 Å². The molecule has 0 atom stereocenters. The largest absolute Gasteiger partial charge is 0.383 e. The second-order valence-corrected chi connectivity index (χ2v) is 6.30. The third-order valence-corrected chi connectivity index (χ3v) is 4.14. The molecule has 0 unspecified atom stereocenters. The first-order valence-corrected chi connectivity index (χ1v) is 7.09. The fourth-order valence-corrected chi connectivity index (χ4v) is 2.61. The Morgan fingerprint density at radius 1 is 1.35 bits per heavy atom. The molecule has 1 aliphatic heterocycles. The SMILES string of the molecule is CNc1ccc(CN2CCC(C)(C)CC2)cc1[N+](=O)[O-]. The van der Waals surface area contributed by atoms with Crippen LogP contribution >= 0.6 is 0 Å². The van der Waals surface area contributed by atoms with E-state index < -0.39 is 0 Å². The van der Waals surface area contributed by atoms with Crippen molar-refractivity contribution in [1.29, 1.82) is 0 Å². The lowest BCUT2D eigenvalue weighted by molar-refractivity contribution is -0.384. The molecule has 1 saturated heterocycles. The molecule has 1 aliphatic rings. The molecule has 0 spiro atoms. The molecule has 0 aliphatic carbocycles. The molecule has 5 heteroatoms. The van der Waals surface area contributed by atoms with Gasteiger partial charge < -0.3 is 5.32 Å². The van der Waals surface area contributed by atoms with E-state index in [9.17, 15) is 10.1 Å². The Labute approximate surface area is 120 Å². The summed E-state index contributed by atoms with van der Waals surface area (Å²) < 4.78 is 0. The predicted octanol–water partition coefficient (Wildman–Crippen LogP) is 3.26. The van der Waals surface area contributed by atoms with Crippen molar-refractivity contribution in [1.82, 2.24) is 4.90 Å². The number of nitrogens with one attached hydrogen (secondary N) is 1. The molecule has 5 nitrogen and oxygen atoms in total. The van der Waals surface area contributed by atoms with Gasteiger partial charge in [-0.3, -0.25) is 15.0 Å². The van der Waals surface area contributed by atoms with Gasteiger partial charge in [-0.2, -0.15) is 0 Å². The van der Waals surface area contributed by atoms with Crippen LogP contribution in [0.4, 0.5) is 11.4 Å². The van der Waals surface area contributed by atoms with E-state index in [0.717, 1.165) is 25.2 Å². The molecule has 2 rings (SSSR count). The van der Waals surface area contributed by atoms with Crippen LogP contribution in [0.1, 0.15) is 32.3 Å². The number of nitro groups is 1. The number of rotatable bonds is 4. The van der Waals surface area contributed by atoms with Gasteiger partial charge in [-0.05, 0) is 43.0 Å². The highest BCUT2D eigenvalue weighted by atomic mass is 16.6. The molecule has 0 saturated carbocycles. The van der Waals surface area contributed by atoms with Gasteiger partial charge in [-0.15, -0.1) is 0 Å². The normalized spacial score (nSPS) is 18.8. The Morgan fingerprint density at radius 3 is 2.55 bits per heavy atom. The predicted molar refractivity (Wildman–Crippen MR) is 80.9 cm³/mol. The van der Waals surface area contributed by atoms with Gasteiger partial charge in [0.15, 0.2) is 0 Å². The van der Waals surface area contributed by atoms with Crippen LogP contribution in [0.2, 0.25) is 0 Å². The van der Waals surface area contributed by atoms with Gasteiger partial charge in [0.05, 0.1) is 4.92 Å². The Morgan fingerprint density at radius 2 is 2.00 bits per heavy atom. The first-order valence-electron chi connectivity index (χ1n) is 7.09. The summed E-state index contributed by atoms with van der Waals surface area (Å²) in [5.41, 5.74) is 2.16. The summed E-state index contributed by atoms with van der Waals surface area (Å²) in [6.45, 7) is 7.53. The van der Waals surface area contributed by atoms with E-state index >= 15 is 0 Å². The maximum atomic E-state index is 11.1. The molecule has 1 N–H and O–H groups in total. The Hall–Kier alpha value is -1.62. The van der Waals surface area contributed by atoms with Crippen molar-refractivity contribution in [3.8, 4) is 0 Å². The number of piperidine rings is 1. The second kappa shape index (κ2) is 5.79. The van der Waals surface area contributed by atoms with Gasteiger partial charge in [-0.25, -0.2) is 0 Å². The van der Waals surface area contributed by atoms with Crippen molar-refractivity contribution in [2.75, 3.05) is 25.5 Å². The quantitative estimate of drug-likeness (QED) is 0.678. The summed E-state index contributed by atoms with van der Waals surface area (Å²) in [6.07, 6.45) is 2.37. The highest BCUT2D eigenvalue weighted by Gasteiger charge is 2.25. The summed E-state index contributed by atoms with van der Waals surface area (Å²) in [4.78, 5) is 13.1. The summed E-state index contributed by atoms with van der Waals surface area (Å²) in [6, 6.07) is 5.45. The minimum Gasteiger partial charge on any atom is -0.383 e. The van der Waals surface area contributed by atoms with Gasteiger partial charge in [0.1, 0.15) is 5.69 Å². The van der Waals surface area contributed by atoms with Gasteiger partial charge in [0.2, 0.25) is 0 Å². The third kappa shape index (κ3) is 3.48. The summed E-state index contributed by atoms with van der Waals surface area (Å²) >= 11 is 0. The van der Waals surface area contributed by atoms with Crippen molar-refractivity contribution >= 4 is 11.4 Å². The van der Waals surface area contributed by atoms with Crippen LogP contribution in [0.5, 0.6) is 0 Å². The van der Waals surface area contributed by atoms with E-state index in [1.54, 1.807) is 19.2 Å². The van der Waals surface area contributed by atoms with Crippen molar-refractivity contribution in [2.24, 2.45) is 5.41 Å². The number of hydrogen-bond donors (Lipinski definition) is 1. The zero-order valence-corrected chi connectivity index (χ0v) is 12.5. The number of anilines is 1. The molecule has 1 aromatic carbocycles. The molecule has 1 fully saturated rings. The first-order chi connectivity index (χ1) is 9.41. The molecular formula is C15H23N3O2. The molecule has 20 heavy (non-hydrogen) atoms. The van der Waals surface area contributed by atoms with Crippen LogP contribution in [-0.4, -0.2) is 30.0 Å². The van der Waals surface area contributed by atoms with Gasteiger partial charge in [0.25, 0.3) is 5.69 Å². The van der Waals surface area contributed by atoms with E-state index in [2.05, 4.69) is 24.1 Å². The molecule has 0 amide bonds. The standard InChI is InChI=1S/C15H23N3O2/c1-15(2)6-8-17(9-7-15)11-12-4-5-13(16-3)14(10-12)18(19)20/h4-5,10,16H,6-9,11H2,1-3H3. The van der Waals surface area contributed by atoms with Crippen molar-refractivity contribution in [3.63, 3.8) is 0 Å². The maximum absolute atomic E-state index is 11.1. The fraction of sp³-hybridized carbons (Fsp3) is 0.600. The number of hydrogen-bond acceptors (Lipinski definition) is 4. The van der Waals surface area contributed by atoms with Crippen LogP contribution in [0.3, 0.4) is 0 Å². The van der Waals surface area contributed by atoms with Gasteiger partial charge in [-0.1, -0.05) is 19.9 Å². The molecule has 0 bridgehead atoms. The minimum absolute atomic E-state index is 0.155. The average Bonchev–Trinajstić information content (AvgIpc) is 2.41. The average molecular weight is 277 g/mol.